The van der Waals surface area contributed by atoms with Crippen molar-refractivity contribution in [1.82, 2.24) is 5.09 Å². The van der Waals surface area contributed by atoms with E-state index in [0.717, 1.165) is 16.2 Å². The molecular weight excluding hydrogens is 409 g/mol. The SMILES string of the molecule is CC[C@](NP(=S)(c1ccccc1)c1ccccc1)(c1ccccc1)[C@H]1C=CC(=O)O1. The van der Waals surface area contributed by atoms with Crippen LogP contribution in [0.4, 0.5) is 0 Å². The number of esters is 1. The summed E-state index contributed by atoms with van der Waals surface area (Å²) in [5.74, 6) is -0.316. The van der Waals surface area contributed by atoms with E-state index in [0.29, 0.717) is 6.42 Å². The minimum atomic E-state index is -2.44. The number of carbonyl (C=O) groups is 1. The quantitative estimate of drug-likeness (QED) is 0.443. The lowest BCUT2D eigenvalue weighted by Crippen LogP contribution is -2.52. The third-order valence-electron chi connectivity index (χ3n) is 5.58. The molecule has 0 bridgehead atoms. The van der Waals surface area contributed by atoms with Gasteiger partial charge in [0.15, 0.2) is 0 Å². The van der Waals surface area contributed by atoms with Crippen LogP contribution in [0.25, 0.3) is 0 Å². The van der Waals surface area contributed by atoms with Gasteiger partial charge >= 0.3 is 5.97 Å². The Kier molecular flexibility index (Phi) is 6.01. The van der Waals surface area contributed by atoms with Crippen molar-refractivity contribution in [3.8, 4) is 0 Å². The average Bonchev–Trinajstić information content (AvgIpc) is 3.26. The highest BCUT2D eigenvalue weighted by atomic mass is 32.4. The molecule has 30 heavy (non-hydrogen) atoms. The van der Waals surface area contributed by atoms with Crippen molar-refractivity contribution in [3.63, 3.8) is 0 Å². The summed E-state index contributed by atoms with van der Waals surface area (Å²) in [6, 6.07) is 30.6. The zero-order valence-electron chi connectivity index (χ0n) is 16.8. The van der Waals surface area contributed by atoms with Crippen molar-refractivity contribution in [2.24, 2.45) is 0 Å². The average molecular weight is 434 g/mol. The largest absolute Gasteiger partial charge is 0.453 e. The zero-order valence-corrected chi connectivity index (χ0v) is 18.5. The van der Waals surface area contributed by atoms with E-state index in [9.17, 15) is 4.79 Å². The summed E-state index contributed by atoms with van der Waals surface area (Å²) in [4.78, 5) is 12.0. The van der Waals surface area contributed by atoms with Crippen LogP contribution in [0.5, 0.6) is 0 Å². The van der Waals surface area contributed by atoms with Gasteiger partial charge in [-0.1, -0.05) is 110 Å². The van der Waals surface area contributed by atoms with E-state index >= 15 is 0 Å². The summed E-state index contributed by atoms with van der Waals surface area (Å²) in [5.41, 5.74) is 0.406. The van der Waals surface area contributed by atoms with Crippen molar-refractivity contribution in [1.29, 1.82) is 0 Å². The van der Waals surface area contributed by atoms with Crippen molar-refractivity contribution in [2.75, 3.05) is 0 Å². The Hall–Kier alpha value is -2.52. The maximum atomic E-state index is 12.0. The number of benzene rings is 3. The second kappa shape index (κ2) is 8.69. The number of ether oxygens (including phenoxy) is 1. The molecule has 0 spiro atoms. The number of carbonyl (C=O) groups excluding carboxylic acids is 1. The Balaban J connectivity index is 1.91. The van der Waals surface area contributed by atoms with Gasteiger partial charge in [-0.3, -0.25) is 5.09 Å². The highest BCUT2D eigenvalue weighted by Gasteiger charge is 2.45. The van der Waals surface area contributed by atoms with Crippen LogP contribution in [0.1, 0.15) is 18.9 Å². The molecule has 0 unspecified atom stereocenters. The Labute approximate surface area is 182 Å². The van der Waals surface area contributed by atoms with Gasteiger partial charge in [0.05, 0.1) is 11.7 Å². The standard InChI is InChI=1S/C25H24NO2PS/c1-2-25(20-12-6-3-7-13-20,23-18-19-24(27)28-23)26-29(30,21-14-8-4-9-15-21)22-16-10-5-11-17-22/h3-19,23H,2H2,1H3,(H,26,30)/t23-,25+/m1/s1. The Morgan fingerprint density at radius 3 is 1.83 bits per heavy atom. The molecule has 1 aliphatic rings. The lowest BCUT2D eigenvalue weighted by atomic mass is 9.83. The summed E-state index contributed by atoms with van der Waals surface area (Å²) in [6.45, 7) is 2.11. The maximum Gasteiger partial charge on any atom is 0.331 e. The number of rotatable bonds is 7. The molecule has 2 atom stereocenters. The number of hydrogen-bond acceptors (Lipinski definition) is 3. The van der Waals surface area contributed by atoms with Crippen LogP contribution in [0, 0.1) is 0 Å². The van der Waals surface area contributed by atoms with E-state index in [2.05, 4.69) is 48.4 Å². The summed E-state index contributed by atoms with van der Waals surface area (Å²) in [7, 11) is 0. The molecule has 3 aromatic rings. The van der Waals surface area contributed by atoms with Crippen molar-refractivity contribution in [3.05, 3.63) is 109 Å². The third kappa shape index (κ3) is 3.79. The van der Waals surface area contributed by atoms with Gasteiger partial charge in [0, 0.05) is 16.7 Å². The van der Waals surface area contributed by atoms with Gasteiger partial charge in [-0.2, -0.15) is 0 Å². The molecule has 1 aliphatic heterocycles. The van der Waals surface area contributed by atoms with Crippen LogP contribution in [-0.4, -0.2) is 12.1 Å². The monoisotopic (exact) mass is 433 g/mol. The fourth-order valence-corrected chi connectivity index (χ4v) is 7.92. The highest BCUT2D eigenvalue weighted by Crippen LogP contribution is 2.47. The van der Waals surface area contributed by atoms with Crippen LogP contribution in [0.2, 0.25) is 0 Å². The predicted octanol–water partition coefficient (Wildman–Crippen LogP) is 4.41. The molecule has 5 heteroatoms. The Bertz CT molecular complexity index is 1040. The highest BCUT2D eigenvalue weighted by molar-refractivity contribution is 8.20. The number of hydrogen-bond donors (Lipinski definition) is 1. The van der Waals surface area contributed by atoms with Crippen LogP contribution in [0.15, 0.2) is 103 Å². The number of cyclic esters (lactones) is 1. The molecule has 0 saturated heterocycles. The smallest absolute Gasteiger partial charge is 0.331 e. The van der Waals surface area contributed by atoms with E-state index in [1.165, 1.54) is 6.08 Å². The van der Waals surface area contributed by atoms with E-state index in [1.54, 1.807) is 0 Å². The van der Waals surface area contributed by atoms with Gasteiger partial charge in [0.2, 0.25) is 0 Å². The van der Waals surface area contributed by atoms with E-state index < -0.39 is 17.8 Å². The second-order valence-corrected chi connectivity index (χ2v) is 11.4. The van der Waals surface area contributed by atoms with Crippen molar-refractivity contribution in [2.45, 2.75) is 25.0 Å². The molecule has 3 aromatic carbocycles. The molecule has 0 amide bonds. The Morgan fingerprint density at radius 2 is 1.40 bits per heavy atom. The lowest BCUT2D eigenvalue weighted by molar-refractivity contribution is -0.141. The third-order valence-corrected chi connectivity index (χ3v) is 9.88. The maximum absolute atomic E-state index is 12.0. The lowest BCUT2D eigenvalue weighted by Gasteiger charge is -2.43. The summed E-state index contributed by atoms with van der Waals surface area (Å²) in [6.07, 6.45) is 1.18. The van der Waals surface area contributed by atoms with Crippen molar-refractivity contribution < 1.29 is 9.53 Å². The molecule has 1 heterocycles. The topological polar surface area (TPSA) is 38.3 Å². The van der Waals surface area contributed by atoms with Gasteiger partial charge in [-0.05, 0) is 18.1 Å². The van der Waals surface area contributed by atoms with Crippen LogP contribution < -0.4 is 15.7 Å². The molecule has 0 saturated carbocycles. The molecule has 1 N–H and O–H groups in total. The fraction of sp³-hybridized carbons (Fsp3) is 0.160. The van der Waals surface area contributed by atoms with Gasteiger partial charge in [0.1, 0.15) is 6.10 Å². The van der Waals surface area contributed by atoms with E-state index in [-0.39, 0.29) is 5.97 Å². The molecular formula is C25H24NO2PS. The number of nitrogens with one attached hydrogen (secondary N) is 1. The van der Waals surface area contributed by atoms with E-state index in [4.69, 9.17) is 16.5 Å². The molecule has 152 valence electrons. The van der Waals surface area contributed by atoms with Crippen molar-refractivity contribution >= 4 is 34.6 Å². The van der Waals surface area contributed by atoms with Crippen LogP contribution in [0.3, 0.4) is 0 Å². The molecule has 0 radical (unpaired) electrons. The first-order chi connectivity index (χ1) is 14.6. The summed E-state index contributed by atoms with van der Waals surface area (Å²) in [5, 5.41) is 6.06. The Morgan fingerprint density at radius 1 is 0.900 bits per heavy atom. The predicted molar refractivity (Wildman–Crippen MR) is 127 cm³/mol. The normalized spacial score (nSPS) is 18.0. The minimum Gasteiger partial charge on any atom is -0.453 e. The van der Waals surface area contributed by atoms with Gasteiger partial charge in [-0.25, -0.2) is 4.79 Å². The first kappa shape index (κ1) is 20.7. The van der Waals surface area contributed by atoms with E-state index in [1.807, 2.05) is 60.7 Å². The van der Waals surface area contributed by atoms with Gasteiger partial charge in [-0.15, -0.1) is 0 Å². The molecule has 0 fully saturated rings. The molecule has 3 nitrogen and oxygen atoms in total. The molecule has 4 rings (SSSR count). The van der Waals surface area contributed by atoms with Gasteiger partial charge in [0.25, 0.3) is 0 Å². The van der Waals surface area contributed by atoms with Crippen LogP contribution >= 0.6 is 6.19 Å². The summed E-state index contributed by atoms with van der Waals surface area (Å²) >= 11 is 6.45. The summed E-state index contributed by atoms with van der Waals surface area (Å²) < 4.78 is 5.75. The first-order valence-corrected chi connectivity index (χ1v) is 12.8. The second-order valence-electron chi connectivity index (χ2n) is 7.30. The zero-order chi connectivity index (χ0) is 21.0. The molecule has 0 aliphatic carbocycles. The van der Waals surface area contributed by atoms with Gasteiger partial charge < -0.3 is 4.74 Å². The first-order valence-electron chi connectivity index (χ1n) is 10.0. The molecule has 0 aromatic heterocycles. The van der Waals surface area contributed by atoms with Crippen LogP contribution in [-0.2, 0) is 26.9 Å². The fourth-order valence-electron chi connectivity index (χ4n) is 3.98. The minimum absolute atomic E-state index is 0.316.